The van der Waals surface area contributed by atoms with Crippen molar-refractivity contribution in [1.82, 2.24) is 0 Å². The molecule has 0 atom stereocenters. The Balaban J connectivity index is 1.45. The van der Waals surface area contributed by atoms with Gasteiger partial charge in [0.15, 0.2) is 11.4 Å². The second-order valence-electron chi connectivity index (χ2n) is 7.93. The van der Waals surface area contributed by atoms with Gasteiger partial charge in [0, 0.05) is 0 Å². The topological polar surface area (TPSA) is 61.3 Å². The summed E-state index contributed by atoms with van der Waals surface area (Å²) >= 11 is 0. The Hall–Kier alpha value is -5.72. The summed E-state index contributed by atoms with van der Waals surface area (Å²) in [7, 11) is 0. The van der Waals surface area contributed by atoms with E-state index in [4.69, 9.17) is 22.6 Å². The van der Waals surface area contributed by atoms with Crippen LogP contribution in [0.25, 0.3) is 21.8 Å². The van der Waals surface area contributed by atoms with Crippen LogP contribution in [-0.2, 0) is 0 Å². The van der Waals surface area contributed by atoms with Crippen molar-refractivity contribution in [3.05, 3.63) is 166 Å². The third-order valence-corrected chi connectivity index (χ3v) is 5.31. The van der Waals surface area contributed by atoms with E-state index < -0.39 is 11.9 Å². The van der Waals surface area contributed by atoms with Crippen molar-refractivity contribution in [3.8, 4) is 11.5 Å². The fourth-order valence-corrected chi connectivity index (χ4v) is 3.39. The maximum Gasteiger partial charge on any atom is 0.343 e. The zero-order valence-corrected chi connectivity index (χ0v) is 20.1. The van der Waals surface area contributed by atoms with Gasteiger partial charge in [0.05, 0.1) is 24.3 Å². The summed E-state index contributed by atoms with van der Waals surface area (Å²) in [4.78, 5) is 31.5. The highest BCUT2D eigenvalue weighted by Crippen LogP contribution is 2.23. The number of rotatable bonds is 7. The molecule has 0 spiro atoms. The van der Waals surface area contributed by atoms with E-state index in [1.165, 1.54) is 0 Å². The maximum atomic E-state index is 12.2. The summed E-state index contributed by atoms with van der Waals surface area (Å²) in [5.74, 6) is -0.187. The van der Waals surface area contributed by atoms with E-state index in [1.807, 2.05) is 12.1 Å². The summed E-state index contributed by atoms with van der Waals surface area (Å²) in [5.41, 5.74) is 2.56. The minimum absolute atomic E-state index is 0.161. The molecule has 0 fully saturated rings. The Bertz CT molecular complexity index is 1450. The Labute approximate surface area is 220 Å². The van der Waals surface area contributed by atoms with Gasteiger partial charge in [-0.1, -0.05) is 72.8 Å². The zero-order valence-electron chi connectivity index (χ0n) is 20.1. The first-order chi connectivity index (χ1) is 18.6. The molecule has 0 saturated carbocycles. The molecule has 0 amide bonds. The van der Waals surface area contributed by atoms with Gasteiger partial charge >= 0.3 is 11.9 Å². The first-order valence-corrected chi connectivity index (χ1v) is 11.5. The third-order valence-electron chi connectivity index (χ3n) is 5.31. The van der Waals surface area contributed by atoms with Crippen LogP contribution < -0.4 is 9.47 Å². The minimum Gasteiger partial charge on any atom is -0.423 e. The molecule has 0 N–H and O–H groups in total. The Morgan fingerprint density at radius 2 is 0.868 bits per heavy atom. The van der Waals surface area contributed by atoms with Crippen molar-refractivity contribution in [2.45, 2.75) is 0 Å². The standard InChI is InChI=1S/C32H20N2O4/c1-33-29(21-23-13-17-27(18-14-23)37-31(35)25-9-5-3-6-10-25)30(34-2)22-24-15-19-28(20-16-24)38-32(36)26-11-7-4-8-12-26/h3-22H/b29-21-,30-22-. The van der Waals surface area contributed by atoms with Gasteiger partial charge in [-0.2, -0.15) is 0 Å². The number of benzene rings is 4. The Kier molecular flexibility index (Phi) is 8.22. The van der Waals surface area contributed by atoms with Gasteiger partial charge in [-0.3, -0.25) is 9.69 Å². The van der Waals surface area contributed by atoms with Gasteiger partial charge in [0.2, 0.25) is 0 Å². The lowest BCUT2D eigenvalue weighted by molar-refractivity contribution is 0.0725. The highest BCUT2D eigenvalue weighted by molar-refractivity contribution is 5.91. The number of ether oxygens (including phenoxy) is 2. The number of hydrogen-bond donors (Lipinski definition) is 0. The molecule has 4 aromatic rings. The largest absolute Gasteiger partial charge is 0.423 e. The monoisotopic (exact) mass is 496 g/mol. The third kappa shape index (κ3) is 6.69. The van der Waals surface area contributed by atoms with E-state index in [-0.39, 0.29) is 11.4 Å². The van der Waals surface area contributed by atoms with Crippen LogP contribution >= 0.6 is 0 Å². The molecule has 0 aliphatic rings. The van der Waals surface area contributed by atoms with Crippen molar-refractivity contribution in [2.75, 3.05) is 0 Å². The summed E-state index contributed by atoms with van der Waals surface area (Å²) < 4.78 is 10.8. The molecule has 0 bridgehead atoms. The smallest absolute Gasteiger partial charge is 0.343 e. The fourth-order valence-electron chi connectivity index (χ4n) is 3.39. The van der Waals surface area contributed by atoms with E-state index in [0.717, 1.165) is 0 Å². The van der Waals surface area contributed by atoms with E-state index in [2.05, 4.69) is 9.69 Å². The predicted octanol–water partition coefficient (Wildman–Crippen LogP) is 7.35. The molecule has 0 aromatic heterocycles. The van der Waals surface area contributed by atoms with Crippen LogP contribution in [0, 0.1) is 13.1 Å². The maximum absolute atomic E-state index is 12.2. The van der Waals surface area contributed by atoms with Crippen LogP contribution in [0.15, 0.2) is 121 Å². The van der Waals surface area contributed by atoms with E-state index >= 15 is 0 Å². The average molecular weight is 497 g/mol. The molecule has 6 nitrogen and oxygen atoms in total. The van der Waals surface area contributed by atoms with Crippen molar-refractivity contribution in [1.29, 1.82) is 0 Å². The number of hydrogen-bond acceptors (Lipinski definition) is 4. The van der Waals surface area contributed by atoms with Gasteiger partial charge in [-0.05, 0) is 59.7 Å². The van der Waals surface area contributed by atoms with Crippen LogP contribution in [0.5, 0.6) is 11.5 Å². The molecule has 4 rings (SSSR count). The van der Waals surface area contributed by atoms with Gasteiger partial charge in [-0.15, -0.1) is 0 Å². The zero-order chi connectivity index (χ0) is 26.7. The molecule has 0 unspecified atom stereocenters. The molecular weight excluding hydrogens is 476 g/mol. The van der Waals surface area contributed by atoms with E-state index in [1.54, 1.807) is 109 Å². The fraction of sp³-hybridized carbons (Fsp3) is 0. The minimum atomic E-state index is -0.463. The van der Waals surface area contributed by atoms with Crippen molar-refractivity contribution >= 4 is 24.1 Å². The molecule has 0 aliphatic heterocycles. The van der Waals surface area contributed by atoms with E-state index in [0.29, 0.717) is 33.8 Å². The Morgan fingerprint density at radius 1 is 0.526 bits per heavy atom. The van der Waals surface area contributed by atoms with Crippen LogP contribution in [-0.4, -0.2) is 11.9 Å². The lowest BCUT2D eigenvalue weighted by Gasteiger charge is -2.05. The molecule has 182 valence electrons. The summed E-state index contributed by atoms with van der Waals surface area (Å²) in [6.45, 7) is 15.2. The van der Waals surface area contributed by atoms with Crippen LogP contribution in [0.3, 0.4) is 0 Å². The first-order valence-electron chi connectivity index (χ1n) is 11.5. The molecule has 38 heavy (non-hydrogen) atoms. The first kappa shape index (κ1) is 25.4. The molecule has 4 aromatic carbocycles. The molecule has 0 radical (unpaired) electrons. The lowest BCUT2D eigenvalue weighted by atomic mass is 10.1. The highest BCUT2D eigenvalue weighted by atomic mass is 16.5. The second-order valence-corrected chi connectivity index (χ2v) is 7.93. The van der Waals surface area contributed by atoms with Crippen molar-refractivity contribution in [3.63, 3.8) is 0 Å². The number of esters is 2. The second kappa shape index (κ2) is 12.3. The number of carbonyl (C=O) groups excluding carboxylic acids is 2. The highest BCUT2D eigenvalue weighted by Gasteiger charge is 2.10. The quantitative estimate of drug-likeness (QED) is 0.116. The average Bonchev–Trinajstić information content (AvgIpc) is 2.97. The molecule has 0 aliphatic carbocycles. The van der Waals surface area contributed by atoms with Gasteiger partial charge in [0.25, 0.3) is 0 Å². The Morgan fingerprint density at radius 3 is 1.18 bits per heavy atom. The lowest BCUT2D eigenvalue weighted by Crippen LogP contribution is -2.07. The van der Waals surface area contributed by atoms with Crippen molar-refractivity contribution < 1.29 is 19.1 Å². The normalized spacial score (nSPS) is 11.1. The van der Waals surface area contributed by atoms with Gasteiger partial charge in [-0.25, -0.2) is 9.59 Å². The molecular formula is C32H20N2O4. The summed E-state index contributed by atoms with van der Waals surface area (Å²) in [5, 5.41) is 0. The predicted molar refractivity (Wildman–Crippen MR) is 145 cm³/mol. The number of nitrogens with zero attached hydrogens (tertiary/aromatic N) is 2. The van der Waals surface area contributed by atoms with Crippen LogP contribution in [0.2, 0.25) is 0 Å². The number of carbonyl (C=O) groups is 2. The SMILES string of the molecule is [C-]#[N+]C(=C\c1ccc(OC(=O)c2ccccc2)cc1)/C(=C/c1ccc(OC(=O)c2ccccc2)cc1)[N+]#[C-]. The summed E-state index contributed by atoms with van der Waals surface area (Å²) in [6, 6.07) is 30.7. The van der Waals surface area contributed by atoms with Crippen LogP contribution in [0.4, 0.5) is 0 Å². The molecule has 0 saturated heterocycles. The molecule has 0 heterocycles. The van der Waals surface area contributed by atoms with E-state index in [9.17, 15) is 9.59 Å². The van der Waals surface area contributed by atoms with Crippen LogP contribution in [0.1, 0.15) is 31.8 Å². The summed E-state index contributed by atoms with van der Waals surface area (Å²) in [6.07, 6.45) is 3.19. The van der Waals surface area contributed by atoms with Crippen molar-refractivity contribution in [2.24, 2.45) is 0 Å². The van der Waals surface area contributed by atoms with Gasteiger partial charge in [0.1, 0.15) is 11.5 Å². The van der Waals surface area contributed by atoms with Gasteiger partial charge < -0.3 is 9.47 Å². The molecule has 6 heteroatoms.